The van der Waals surface area contributed by atoms with Gasteiger partial charge in [0.1, 0.15) is 0 Å². The van der Waals surface area contributed by atoms with E-state index in [1.165, 1.54) is 25.7 Å². The lowest BCUT2D eigenvalue weighted by Crippen LogP contribution is -2.19. The molecule has 0 bridgehead atoms. The molecule has 54 valence electrons. The molecular weight excluding hydrogens is 180 g/mol. The van der Waals surface area contributed by atoms with Gasteiger partial charge in [-0.1, -0.05) is 15.9 Å². The lowest BCUT2D eigenvalue weighted by Gasteiger charge is -2.23. The van der Waals surface area contributed by atoms with Crippen LogP contribution in [0.5, 0.6) is 0 Å². The number of methoxy groups -OCH3 is 1. The van der Waals surface area contributed by atoms with Gasteiger partial charge in [-0.25, -0.2) is 0 Å². The normalized spacial score (nSPS) is 36.7. The maximum atomic E-state index is 5.22. The van der Waals surface area contributed by atoms with Crippen molar-refractivity contribution in [3.05, 3.63) is 0 Å². The van der Waals surface area contributed by atoms with Crippen LogP contribution in [-0.4, -0.2) is 18.0 Å². The lowest BCUT2D eigenvalue weighted by molar-refractivity contribution is 0.0728. The Morgan fingerprint density at radius 3 is 2.22 bits per heavy atom. The Hall–Kier alpha value is 0.440. The molecule has 0 N–H and O–H groups in total. The Kier molecular flexibility index (Phi) is 2.99. The highest BCUT2D eigenvalue weighted by Crippen LogP contribution is 2.25. The fourth-order valence-corrected chi connectivity index (χ4v) is 1.79. The van der Waals surface area contributed by atoms with Gasteiger partial charge < -0.3 is 4.74 Å². The molecule has 0 amide bonds. The van der Waals surface area contributed by atoms with Crippen LogP contribution in [0.3, 0.4) is 0 Å². The summed E-state index contributed by atoms with van der Waals surface area (Å²) >= 11 is 3.59. The van der Waals surface area contributed by atoms with E-state index in [0.29, 0.717) is 6.10 Å². The third-order valence-corrected chi connectivity index (χ3v) is 2.85. The number of rotatable bonds is 1. The van der Waals surface area contributed by atoms with E-state index in [1.54, 1.807) is 7.11 Å². The van der Waals surface area contributed by atoms with Crippen LogP contribution in [-0.2, 0) is 4.74 Å². The number of ether oxygens (including phenoxy) is 1. The number of halogens is 1. The van der Waals surface area contributed by atoms with Gasteiger partial charge in [-0.2, -0.15) is 0 Å². The molecule has 1 saturated carbocycles. The van der Waals surface area contributed by atoms with Crippen LogP contribution in [0, 0.1) is 0 Å². The molecule has 1 aliphatic rings. The van der Waals surface area contributed by atoms with Gasteiger partial charge >= 0.3 is 0 Å². The summed E-state index contributed by atoms with van der Waals surface area (Å²) in [4.78, 5) is 0.754. The topological polar surface area (TPSA) is 9.23 Å². The smallest absolute Gasteiger partial charge is 0.0572 e. The Morgan fingerprint density at radius 1 is 1.22 bits per heavy atom. The largest absolute Gasteiger partial charge is 0.381 e. The molecule has 0 atom stereocenters. The maximum absolute atomic E-state index is 5.22. The average Bonchev–Trinajstić information content (AvgIpc) is 1.90. The van der Waals surface area contributed by atoms with E-state index in [-0.39, 0.29) is 0 Å². The van der Waals surface area contributed by atoms with Gasteiger partial charge in [0.15, 0.2) is 0 Å². The van der Waals surface area contributed by atoms with Crippen LogP contribution in [0.15, 0.2) is 0 Å². The second-order valence-electron chi connectivity index (χ2n) is 2.61. The van der Waals surface area contributed by atoms with Gasteiger partial charge in [0, 0.05) is 11.9 Å². The van der Waals surface area contributed by atoms with E-state index in [2.05, 4.69) is 15.9 Å². The van der Waals surface area contributed by atoms with Gasteiger partial charge in [0.05, 0.1) is 6.10 Å². The average molecular weight is 193 g/mol. The molecule has 1 aliphatic carbocycles. The number of alkyl halides is 1. The third kappa shape index (κ3) is 2.26. The molecule has 0 aromatic carbocycles. The minimum absolute atomic E-state index is 0.541. The van der Waals surface area contributed by atoms with Crippen LogP contribution < -0.4 is 0 Å². The second kappa shape index (κ2) is 3.57. The predicted octanol–water partition coefficient (Wildman–Crippen LogP) is 2.34. The Labute approximate surface area is 64.9 Å². The van der Waals surface area contributed by atoms with Crippen molar-refractivity contribution in [2.45, 2.75) is 36.6 Å². The Morgan fingerprint density at radius 2 is 1.78 bits per heavy atom. The summed E-state index contributed by atoms with van der Waals surface area (Å²) in [7, 11) is 1.80. The fourth-order valence-electron chi connectivity index (χ4n) is 1.26. The molecule has 0 heterocycles. The van der Waals surface area contributed by atoms with Crippen molar-refractivity contribution in [3.8, 4) is 0 Å². The monoisotopic (exact) mass is 192 g/mol. The molecule has 2 heteroatoms. The van der Waals surface area contributed by atoms with Gasteiger partial charge in [-0.05, 0) is 25.7 Å². The number of hydrogen-bond donors (Lipinski definition) is 0. The van der Waals surface area contributed by atoms with E-state index < -0.39 is 0 Å². The van der Waals surface area contributed by atoms with Crippen molar-refractivity contribution in [1.29, 1.82) is 0 Å². The predicted molar refractivity (Wildman–Crippen MR) is 42.0 cm³/mol. The van der Waals surface area contributed by atoms with Crippen LogP contribution in [0.25, 0.3) is 0 Å². The van der Waals surface area contributed by atoms with Crippen molar-refractivity contribution < 1.29 is 4.74 Å². The van der Waals surface area contributed by atoms with E-state index in [1.807, 2.05) is 0 Å². The molecular formula is C7H13BrO. The minimum atomic E-state index is 0.541. The Bertz CT molecular complexity index is 77.0. The molecule has 0 aliphatic heterocycles. The standard InChI is InChI=1S/C7H13BrO/c1-9-7-4-2-6(8)3-5-7/h6-7H,2-5H2,1H3. The zero-order valence-corrected chi connectivity index (χ0v) is 7.36. The summed E-state index contributed by atoms with van der Waals surface area (Å²) in [6.45, 7) is 0. The van der Waals surface area contributed by atoms with Crippen LogP contribution >= 0.6 is 15.9 Å². The SMILES string of the molecule is COC1CCC(Br)CC1. The zero-order chi connectivity index (χ0) is 6.69. The highest BCUT2D eigenvalue weighted by molar-refractivity contribution is 9.09. The van der Waals surface area contributed by atoms with Crippen LogP contribution in [0.1, 0.15) is 25.7 Å². The van der Waals surface area contributed by atoms with Gasteiger partial charge in [0.2, 0.25) is 0 Å². The lowest BCUT2D eigenvalue weighted by atomic mass is 9.98. The summed E-state index contributed by atoms with van der Waals surface area (Å²) in [5.74, 6) is 0. The molecule has 1 rings (SSSR count). The molecule has 0 saturated heterocycles. The van der Waals surface area contributed by atoms with Crippen molar-refractivity contribution in [2.75, 3.05) is 7.11 Å². The van der Waals surface area contributed by atoms with Gasteiger partial charge in [0.25, 0.3) is 0 Å². The van der Waals surface area contributed by atoms with E-state index in [9.17, 15) is 0 Å². The summed E-state index contributed by atoms with van der Waals surface area (Å²) in [6, 6.07) is 0. The summed E-state index contributed by atoms with van der Waals surface area (Å²) in [5, 5.41) is 0. The molecule has 0 aromatic heterocycles. The maximum Gasteiger partial charge on any atom is 0.0572 e. The highest BCUT2D eigenvalue weighted by atomic mass is 79.9. The van der Waals surface area contributed by atoms with Gasteiger partial charge in [-0.3, -0.25) is 0 Å². The minimum Gasteiger partial charge on any atom is -0.381 e. The van der Waals surface area contributed by atoms with Crippen molar-refractivity contribution >= 4 is 15.9 Å². The molecule has 0 unspecified atom stereocenters. The zero-order valence-electron chi connectivity index (χ0n) is 5.77. The highest BCUT2D eigenvalue weighted by Gasteiger charge is 2.17. The fraction of sp³-hybridized carbons (Fsp3) is 1.00. The molecule has 0 aromatic rings. The first kappa shape index (κ1) is 7.55. The summed E-state index contributed by atoms with van der Waals surface area (Å²) in [6.07, 6.45) is 5.55. The first-order valence-electron chi connectivity index (χ1n) is 3.50. The first-order chi connectivity index (χ1) is 4.33. The van der Waals surface area contributed by atoms with E-state index in [4.69, 9.17) is 4.74 Å². The number of hydrogen-bond acceptors (Lipinski definition) is 1. The Balaban J connectivity index is 2.18. The van der Waals surface area contributed by atoms with Crippen LogP contribution in [0.4, 0.5) is 0 Å². The molecule has 0 radical (unpaired) electrons. The van der Waals surface area contributed by atoms with Crippen molar-refractivity contribution in [1.82, 2.24) is 0 Å². The van der Waals surface area contributed by atoms with Crippen molar-refractivity contribution in [3.63, 3.8) is 0 Å². The van der Waals surface area contributed by atoms with E-state index in [0.717, 1.165) is 4.83 Å². The molecule has 0 spiro atoms. The first-order valence-corrected chi connectivity index (χ1v) is 4.41. The summed E-state index contributed by atoms with van der Waals surface area (Å²) in [5.41, 5.74) is 0. The van der Waals surface area contributed by atoms with E-state index >= 15 is 0 Å². The quantitative estimate of drug-likeness (QED) is 0.580. The third-order valence-electron chi connectivity index (χ3n) is 1.94. The molecule has 1 fully saturated rings. The van der Waals surface area contributed by atoms with Crippen molar-refractivity contribution in [2.24, 2.45) is 0 Å². The molecule has 9 heavy (non-hydrogen) atoms. The van der Waals surface area contributed by atoms with Crippen LogP contribution in [0.2, 0.25) is 0 Å². The molecule has 1 nitrogen and oxygen atoms in total. The second-order valence-corrected chi connectivity index (χ2v) is 3.90. The summed E-state index contributed by atoms with van der Waals surface area (Å²) < 4.78 is 5.22. The van der Waals surface area contributed by atoms with Gasteiger partial charge in [-0.15, -0.1) is 0 Å².